The summed E-state index contributed by atoms with van der Waals surface area (Å²) in [5.41, 5.74) is 1.43. The van der Waals surface area contributed by atoms with E-state index in [0.717, 1.165) is 10.6 Å². The first-order valence-electron chi connectivity index (χ1n) is 5.11. The Morgan fingerprint density at radius 2 is 2.00 bits per heavy atom. The van der Waals surface area contributed by atoms with Gasteiger partial charge in [-0.15, -0.1) is 11.3 Å². The zero-order valence-electron chi connectivity index (χ0n) is 9.15. The van der Waals surface area contributed by atoms with Crippen LogP contribution in [0.2, 0.25) is 10.0 Å². The maximum Gasteiger partial charge on any atom is 0.101 e. The van der Waals surface area contributed by atoms with E-state index >= 15 is 0 Å². The van der Waals surface area contributed by atoms with Gasteiger partial charge >= 0.3 is 0 Å². The number of aromatic nitrogens is 1. The van der Waals surface area contributed by atoms with Gasteiger partial charge in [-0.1, -0.05) is 29.3 Å². The van der Waals surface area contributed by atoms with Crippen LogP contribution < -0.4 is 0 Å². The summed E-state index contributed by atoms with van der Waals surface area (Å²) in [6.45, 7) is 1.91. The molecule has 1 atom stereocenters. The minimum Gasteiger partial charge on any atom is -0.386 e. The lowest BCUT2D eigenvalue weighted by molar-refractivity contribution is 0.174. The topological polar surface area (TPSA) is 33.1 Å². The van der Waals surface area contributed by atoms with Crippen LogP contribution in [0.15, 0.2) is 23.6 Å². The Hall–Kier alpha value is -0.610. The van der Waals surface area contributed by atoms with Crippen molar-refractivity contribution in [3.8, 4) is 0 Å². The number of rotatable bonds is 3. The molecule has 1 aromatic heterocycles. The molecule has 5 heteroatoms. The number of thiazole rings is 1. The Kier molecular flexibility index (Phi) is 4.05. The van der Waals surface area contributed by atoms with Crippen molar-refractivity contribution < 1.29 is 5.11 Å². The third kappa shape index (κ3) is 2.99. The van der Waals surface area contributed by atoms with Gasteiger partial charge in [-0.25, -0.2) is 4.98 Å². The van der Waals surface area contributed by atoms with Crippen LogP contribution in [0, 0.1) is 6.92 Å². The van der Waals surface area contributed by atoms with E-state index in [1.165, 1.54) is 11.3 Å². The van der Waals surface area contributed by atoms with Gasteiger partial charge < -0.3 is 5.11 Å². The summed E-state index contributed by atoms with van der Waals surface area (Å²) in [7, 11) is 0. The van der Waals surface area contributed by atoms with Crippen molar-refractivity contribution in [2.75, 3.05) is 0 Å². The summed E-state index contributed by atoms with van der Waals surface area (Å²) in [5, 5.41) is 14.0. The second kappa shape index (κ2) is 5.36. The minimum absolute atomic E-state index is 0.377. The highest BCUT2D eigenvalue weighted by Crippen LogP contribution is 2.29. The number of hydrogen-bond acceptors (Lipinski definition) is 3. The molecule has 0 saturated carbocycles. The Labute approximate surface area is 114 Å². The molecular formula is C12H11Cl2NOS. The molecule has 1 heterocycles. The number of aryl methyl sites for hydroxylation is 1. The molecule has 1 N–H and O–H groups in total. The van der Waals surface area contributed by atoms with Gasteiger partial charge in [-0.2, -0.15) is 0 Å². The molecule has 0 radical (unpaired) electrons. The molecule has 0 amide bonds. The molecule has 0 aliphatic carbocycles. The molecule has 0 aliphatic heterocycles. The van der Waals surface area contributed by atoms with E-state index in [4.69, 9.17) is 23.2 Å². The predicted molar refractivity (Wildman–Crippen MR) is 72.0 cm³/mol. The SMILES string of the molecule is Cc1nc(C(O)Cc2c(Cl)cccc2Cl)cs1. The fourth-order valence-corrected chi connectivity index (χ4v) is 2.77. The monoisotopic (exact) mass is 287 g/mol. The Balaban J connectivity index is 2.21. The van der Waals surface area contributed by atoms with E-state index in [0.29, 0.717) is 22.2 Å². The average Bonchev–Trinajstić information content (AvgIpc) is 2.70. The zero-order valence-corrected chi connectivity index (χ0v) is 11.5. The van der Waals surface area contributed by atoms with Gasteiger partial charge in [0, 0.05) is 21.8 Å². The summed E-state index contributed by atoms with van der Waals surface area (Å²) in [5.74, 6) is 0. The van der Waals surface area contributed by atoms with E-state index in [1.807, 2.05) is 12.3 Å². The number of halogens is 2. The minimum atomic E-state index is -0.669. The van der Waals surface area contributed by atoms with Crippen molar-refractivity contribution in [2.45, 2.75) is 19.4 Å². The van der Waals surface area contributed by atoms with Gasteiger partial charge in [-0.05, 0) is 24.6 Å². The molecule has 0 fully saturated rings. The van der Waals surface area contributed by atoms with Crippen molar-refractivity contribution in [2.24, 2.45) is 0 Å². The number of benzene rings is 1. The van der Waals surface area contributed by atoms with Crippen molar-refractivity contribution in [1.82, 2.24) is 4.98 Å². The van der Waals surface area contributed by atoms with Crippen molar-refractivity contribution in [1.29, 1.82) is 0 Å². The van der Waals surface area contributed by atoms with Gasteiger partial charge in [0.1, 0.15) is 6.10 Å². The molecule has 1 unspecified atom stereocenters. The van der Waals surface area contributed by atoms with Crippen LogP contribution >= 0.6 is 34.5 Å². The fraction of sp³-hybridized carbons (Fsp3) is 0.250. The Bertz CT molecular complexity index is 507. The molecular weight excluding hydrogens is 277 g/mol. The lowest BCUT2D eigenvalue weighted by Crippen LogP contribution is -2.03. The number of nitrogens with zero attached hydrogens (tertiary/aromatic N) is 1. The summed E-state index contributed by atoms with van der Waals surface area (Å²) in [4.78, 5) is 4.25. The molecule has 90 valence electrons. The van der Waals surface area contributed by atoms with Crippen molar-refractivity contribution >= 4 is 34.5 Å². The molecule has 2 rings (SSSR count). The maximum absolute atomic E-state index is 10.1. The van der Waals surface area contributed by atoms with E-state index in [1.54, 1.807) is 18.2 Å². The molecule has 2 nitrogen and oxygen atoms in total. The van der Waals surface area contributed by atoms with Crippen LogP contribution in [0.1, 0.15) is 22.4 Å². The summed E-state index contributed by atoms with van der Waals surface area (Å²) in [6.07, 6.45) is -0.292. The van der Waals surface area contributed by atoms with Crippen LogP contribution in [0.5, 0.6) is 0 Å². The lowest BCUT2D eigenvalue weighted by atomic mass is 10.1. The molecule has 0 aliphatic rings. The Morgan fingerprint density at radius 1 is 1.35 bits per heavy atom. The largest absolute Gasteiger partial charge is 0.386 e. The third-order valence-electron chi connectivity index (χ3n) is 2.44. The molecule has 0 spiro atoms. The summed E-state index contributed by atoms with van der Waals surface area (Å²) >= 11 is 13.6. The average molecular weight is 288 g/mol. The smallest absolute Gasteiger partial charge is 0.101 e. The van der Waals surface area contributed by atoms with Gasteiger partial charge in [0.05, 0.1) is 10.7 Å². The molecule has 0 bridgehead atoms. The maximum atomic E-state index is 10.1. The number of aliphatic hydroxyl groups excluding tert-OH is 1. The first-order chi connectivity index (χ1) is 8.08. The quantitative estimate of drug-likeness (QED) is 0.924. The zero-order chi connectivity index (χ0) is 12.4. The van der Waals surface area contributed by atoms with E-state index in [9.17, 15) is 5.11 Å². The van der Waals surface area contributed by atoms with E-state index in [-0.39, 0.29) is 0 Å². The fourth-order valence-electron chi connectivity index (χ4n) is 1.56. The first-order valence-corrected chi connectivity index (χ1v) is 6.74. The normalized spacial score (nSPS) is 12.7. The van der Waals surface area contributed by atoms with Crippen LogP contribution in [0.25, 0.3) is 0 Å². The second-order valence-electron chi connectivity index (χ2n) is 3.71. The van der Waals surface area contributed by atoms with Crippen LogP contribution in [0.4, 0.5) is 0 Å². The first kappa shape index (κ1) is 12.8. The Morgan fingerprint density at radius 3 is 2.53 bits per heavy atom. The van der Waals surface area contributed by atoms with E-state index < -0.39 is 6.10 Å². The highest BCUT2D eigenvalue weighted by molar-refractivity contribution is 7.09. The van der Waals surface area contributed by atoms with Crippen molar-refractivity contribution in [3.05, 3.63) is 49.9 Å². The van der Waals surface area contributed by atoms with Gasteiger partial charge in [0.25, 0.3) is 0 Å². The molecule has 1 aromatic carbocycles. The summed E-state index contributed by atoms with van der Waals surface area (Å²) < 4.78 is 0. The number of hydrogen-bond donors (Lipinski definition) is 1. The highest BCUT2D eigenvalue weighted by atomic mass is 35.5. The number of aliphatic hydroxyl groups is 1. The van der Waals surface area contributed by atoms with Crippen molar-refractivity contribution in [3.63, 3.8) is 0 Å². The standard InChI is InChI=1S/C12H11Cl2NOS/c1-7-15-11(6-17-7)12(16)5-8-9(13)3-2-4-10(8)14/h2-4,6,12,16H,5H2,1H3. The highest BCUT2D eigenvalue weighted by Gasteiger charge is 2.15. The van der Waals surface area contributed by atoms with Crippen LogP contribution in [-0.2, 0) is 6.42 Å². The van der Waals surface area contributed by atoms with E-state index in [2.05, 4.69) is 4.98 Å². The predicted octanol–water partition coefficient (Wildman–Crippen LogP) is 4.03. The van der Waals surface area contributed by atoms with Gasteiger partial charge in [0.15, 0.2) is 0 Å². The van der Waals surface area contributed by atoms with Gasteiger partial charge in [0.2, 0.25) is 0 Å². The summed E-state index contributed by atoms with van der Waals surface area (Å²) in [6, 6.07) is 5.32. The molecule has 0 saturated heterocycles. The molecule has 2 aromatic rings. The lowest BCUT2D eigenvalue weighted by Gasteiger charge is -2.11. The second-order valence-corrected chi connectivity index (χ2v) is 5.59. The van der Waals surface area contributed by atoms with Crippen LogP contribution in [0.3, 0.4) is 0 Å². The molecule has 17 heavy (non-hydrogen) atoms. The van der Waals surface area contributed by atoms with Crippen LogP contribution in [-0.4, -0.2) is 10.1 Å². The van der Waals surface area contributed by atoms with Gasteiger partial charge in [-0.3, -0.25) is 0 Å². The third-order valence-corrected chi connectivity index (χ3v) is 3.94.